The van der Waals surface area contributed by atoms with Crippen LogP contribution >= 0.6 is 0 Å². The van der Waals surface area contributed by atoms with Crippen molar-refractivity contribution in [3.05, 3.63) is 99.2 Å². The van der Waals surface area contributed by atoms with Crippen molar-refractivity contribution in [3.8, 4) is 11.5 Å². The number of amides is 1. The number of anilines is 1. The third-order valence-electron chi connectivity index (χ3n) is 8.35. The number of nitrogens with one attached hydrogen (secondary N) is 1. The van der Waals surface area contributed by atoms with Gasteiger partial charge in [0.25, 0.3) is 5.69 Å². The van der Waals surface area contributed by atoms with Crippen LogP contribution < -0.4 is 14.4 Å². The Morgan fingerprint density at radius 2 is 1.80 bits per heavy atom. The number of aromatic nitrogens is 1. The molecule has 9 nitrogen and oxygen atoms in total. The summed E-state index contributed by atoms with van der Waals surface area (Å²) in [4.78, 5) is 33.1. The maximum Gasteiger partial charge on any atom is 0.293 e. The summed E-state index contributed by atoms with van der Waals surface area (Å²) in [6, 6.07) is 18.8. The third-order valence-corrected chi connectivity index (χ3v) is 8.35. The number of benzene rings is 3. The Balaban J connectivity index is 1.27. The van der Waals surface area contributed by atoms with Gasteiger partial charge in [0.05, 0.1) is 11.0 Å². The summed E-state index contributed by atoms with van der Waals surface area (Å²) in [5, 5.41) is 13.1. The molecule has 0 radical (unpaired) electrons. The average molecular weight is 551 g/mol. The zero-order valence-electron chi connectivity index (χ0n) is 22.5. The Kier molecular flexibility index (Phi) is 6.34. The van der Waals surface area contributed by atoms with Crippen molar-refractivity contribution < 1.29 is 19.2 Å². The molecule has 1 saturated heterocycles. The molecular formula is C32H30N4O5. The van der Waals surface area contributed by atoms with Crippen LogP contribution in [0.2, 0.25) is 0 Å². The molecule has 0 saturated carbocycles. The molecule has 0 bridgehead atoms. The van der Waals surface area contributed by atoms with Crippen LogP contribution in [-0.4, -0.2) is 47.1 Å². The van der Waals surface area contributed by atoms with Gasteiger partial charge in [0.1, 0.15) is 5.69 Å². The quantitative estimate of drug-likeness (QED) is 0.186. The van der Waals surface area contributed by atoms with E-state index in [9.17, 15) is 14.9 Å². The van der Waals surface area contributed by atoms with E-state index in [0.29, 0.717) is 29.3 Å². The molecule has 1 N–H and O–H groups in total. The SMILES string of the molecule is O=C(C=Cc1cccc([N+](=O)[O-])c1N1CCCCC1)N1CCc2c([nH]c3ccccc23)C1c1ccc2c(c1)OCO2. The van der Waals surface area contributed by atoms with Crippen LogP contribution in [0.25, 0.3) is 17.0 Å². The van der Waals surface area contributed by atoms with Crippen LogP contribution in [0.3, 0.4) is 0 Å². The van der Waals surface area contributed by atoms with Crippen molar-refractivity contribution >= 4 is 34.3 Å². The fourth-order valence-corrected chi connectivity index (χ4v) is 6.46. The molecule has 4 aromatic rings. The number of rotatable bonds is 5. The Labute approximate surface area is 237 Å². The van der Waals surface area contributed by atoms with E-state index >= 15 is 0 Å². The van der Waals surface area contributed by atoms with Crippen LogP contribution in [0.1, 0.15) is 47.7 Å². The molecule has 1 aromatic heterocycles. The molecule has 1 unspecified atom stereocenters. The zero-order valence-corrected chi connectivity index (χ0v) is 22.5. The smallest absolute Gasteiger partial charge is 0.293 e. The number of H-pyrrole nitrogens is 1. The highest BCUT2D eigenvalue weighted by Crippen LogP contribution is 2.42. The average Bonchev–Trinajstić information content (AvgIpc) is 3.63. The molecule has 9 heteroatoms. The summed E-state index contributed by atoms with van der Waals surface area (Å²) in [6.07, 6.45) is 7.11. The first-order chi connectivity index (χ1) is 20.1. The lowest BCUT2D eigenvalue weighted by molar-refractivity contribution is -0.384. The monoisotopic (exact) mass is 550 g/mol. The predicted molar refractivity (Wildman–Crippen MR) is 156 cm³/mol. The normalized spacial score (nSPS) is 18.2. The van der Waals surface area contributed by atoms with Gasteiger partial charge in [-0.05, 0) is 61.1 Å². The Hall–Kier alpha value is -4.79. The van der Waals surface area contributed by atoms with Crippen molar-refractivity contribution in [2.24, 2.45) is 0 Å². The Bertz CT molecular complexity index is 1690. The molecular weight excluding hydrogens is 520 g/mol. The zero-order chi connectivity index (χ0) is 27.9. The van der Waals surface area contributed by atoms with Gasteiger partial charge >= 0.3 is 0 Å². The molecule has 41 heavy (non-hydrogen) atoms. The number of nitro benzene ring substituents is 1. The molecule has 1 fully saturated rings. The van der Waals surface area contributed by atoms with Crippen LogP contribution in [0.4, 0.5) is 11.4 Å². The minimum atomic E-state index is -0.357. The van der Waals surface area contributed by atoms with Crippen molar-refractivity contribution in [2.45, 2.75) is 31.7 Å². The van der Waals surface area contributed by atoms with Gasteiger partial charge in [-0.3, -0.25) is 14.9 Å². The van der Waals surface area contributed by atoms with E-state index in [1.54, 1.807) is 24.3 Å². The minimum absolute atomic E-state index is 0.0698. The van der Waals surface area contributed by atoms with Crippen molar-refractivity contribution in [1.82, 2.24) is 9.88 Å². The number of para-hydroxylation sites is 2. The number of ether oxygens (including phenoxy) is 2. The standard InChI is InChI=1S/C32H30N4O5/c37-29(14-12-21-7-6-10-26(36(38)39)31(21)34-16-4-1-5-17-34)35-18-15-24-23-8-2-3-9-25(23)33-30(24)32(35)22-11-13-27-28(19-22)41-20-40-27/h2-3,6-14,19,32-33H,1,4-5,15-18,20H2. The number of nitrogens with zero attached hydrogens (tertiary/aromatic N) is 3. The molecule has 1 amide bonds. The van der Waals surface area contributed by atoms with Gasteiger partial charge in [-0.2, -0.15) is 0 Å². The second-order valence-electron chi connectivity index (χ2n) is 10.7. The first-order valence-corrected chi connectivity index (χ1v) is 14.1. The summed E-state index contributed by atoms with van der Waals surface area (Å²) in [7, 11) is 0. The van der Waals surface area contributed by atoms with Crippen LogP contribution in [0.5, 0.6) is 11.5 Å². The number of hydrogen-bond donors (Lipinski definition) is 1. The van der Waals surface area contributed by atoms with Gasteiger partial charge in [-0.25, -0.2) is 0 Å². The number of hydrogen-bond acceptors (Lipinski definition) is 6. The van der Waals surface area contributed by atoms with Gasteiger partial charge in [0.15, 0.2) is 11.5 Å². The lowest BCUT2D eigenvalue weighted by Gasteiger charge is -2.35. The van der Waals surface area contributed by atoms with E-state index in [0.717, 1.165) is 55.5 Å². The summed E-state index contributed by atoms with van der Waals surface area (Å²) >= 11 is 0. The summed E-state index contributed by atoms with van der Waals surface area (Å²) < 4.78 is 11.2. The number of aromatic amines is 1. The number of nitro groups is 1. The maximum atomic E-state index is 13.9. The van der Waals surface area contributed by atoms with E-state index in [1.807, 2.05) is 41.3 Å². The van der Waals surface area contributed by atoms with E-state index in [1.165, 1.54) is 10.9 Å². The Morgan fingerprint density at radius 3 is 2.66 bits per heavy atom. The molecule has 1 atom stereocenters. The molecule has 3 aromatic carbocycles. The van der Waals surface area contributed by atoms with E-state index in [-0.39, 0.29) is 29.4 Å². The number of carbonyl (C=O) groups is 1. The van der Waals surface area contributed by atoms with Crippen LogP contribution in [-0.2, 0) is 11.2 Å². The summed E-state index contributed by atoms with van der Waals surface area (Å²) in [6.45, 7) is 2.24. The van der Waals surface area contributed by atoms with E-state index in [4.69, 9.17) is 9.47 Å². The lowest BCUT2D eigenvalue weighted by Crippen LogP contribution is -2.39. The van der Waals surface area contributed by atoms with Crippen LogP contribution in [0.15, 0.2) is 66.7 Å². The highest BCUT2D eigenvalue weighted by molar-refractivity contribution is 5.95. The summed E-state index contributed by atoms with van der Waals surface area (Å²) in [5.41, 5.74) is 5.50. The largest absolute Gasteiger partial charge is 0.454 e. The highest BCUT2D eigenvalue weighted by Gasteiger charge is 2.35. The molecule has 7 rings (SSSR count). The molecule has 0 spiro atoms. The topological polar surface area (TPSA) is 101 Å². The Morgan fingerprint density at radius 1 is 0.976 bits per heavy atom. The first kappa shape index (κ1) is 25.2. The van der Waals surface area contributed by atoms with Gasteiger partial charge in [-0.15, -0.1) is 0 Å². The first-order valence-electron chi connectivity index (χ1n) is 14.1. The number of carbonyl (C=O) groups excluding carboxylic acids is 1. The van der Waals surface area contributed by atoms with E-state index < -0.39 is 0 Å². The lowest BCUT2D eigenvalue weighted by atomic mass is 9.92. The van der Waals surface area contributed by atoms with Crippen molar-refractivity contribution in [3.63, 3.8) is 0 Å². The molecule has 208 valence electrons. The van der Waals surface area contributed by atoms with Gasteiger partial charge in [-0.1, -0.05) is 36.4 Å². The van der Waals surface area contributed by atoms with Crippen molar-refractivity contribution in [2.75, 3.05) is 31.3 Å². The van der Waals surface area contributed by atoms with Gasteiger partial charge in [0, 0.05) is 53.9 Å². The second kappa shape index (κ2) is 10.3. The fraction of sp³-hybridized carbons (Fsp3) is 0.281. The van der Waals surface area contributed by atoms with Crippen LogP contribution in [0, 0.1) is 10.1 Å². The fourth-order valence-electron chi connectivity index (χ4n) is 6.46. The maximum absolute atomic E-state index is 13.9. The highest BCUT2D eigenvalue weighted by atomic mass is 16.7. The molecule has 0 aliphatic carbocycles. The van der Waals surface area contributed by atoms with Gasteiger partial charge < -0.3 is 24.3 Å². The molecule has 3 aliphatic heterocycles. The predicted octanol–water partition coefficient (Wildman–Crippen LogP) is 5.98. The number of piperidine rings is 1. The van der Waals surface area contributed by atoms with Crippen molar-refractivity contribution in [1.29, 1.82) is 0 Å². The molecule has 4 heterocycles. The number of fused-ring (bicyclic) bond motifs is 4. The van der Waals surface area contributed by atoms with Gasteiger partial charge in [0.2, 0.25) is 12.7 Å². The third kappa shape index (κ3) is 4.47. The summed E-state index contributed by atoms with van der Waals surface area (Å²) in [5.74, 6) is 1.19. The minimum Gasteiger partial charge on any atom is -0.454 e. The second-order valence-corrected chi connectivity index (χ2v) is 10.7. The van der Waals surface area contributed by atoms with E-state index in [2.05, 4.69) is 22.0 Å². The molecule has 3 aliphatic rings.